The van der Waals surface area contributed by atoms with Gasteiger partial charge in [0.15, 0.2) is 0 Å². The fourth-order valence-electron chi connectivity index (χ4n) is 4.05. The number of benzene rings is 2. The molecule has 0 aromatic heterocycles. The Morgan fingerprint density at radius 3 is 2.67 bits per heavy atom. The van der Waals surface area contributed by atoms with Crippen LogP contribution in [0.4, 0.5) is 4.79 Å². The van der Waals surface area contributed by atoms with Crippen LogP contribution in [0.1, 0.15) is 12.8 Å². The van der Waals surface area contributed by atoms with Crippen molar-refractivity contribution in [2.75, 3.05) is 39.8 Å². The van der Waals surface area contributed by atoms with E-state index in [1.807, 2.05) is 30.3 Å². The van der Waals surface area contributed by atoms with Crippen molar-refractivity contribution in [2.24, 2.45) is 0 Å². The topological polar surface area (TPSA) is 62.2 Å². The van der Waals surface area contributed by atoms with E-state index in [0.717, 1.165) is 42.5 Å². The molecule has 2 aromatic rings. The Labute approximate surface area is 159 Å². The summed E-state index contributed by atoms with van der Waals surface area (Å²) in [6.07, 6.45) is 0.818. The normalized spacial score (nSPS) is 20.8. The Morgan fingerprint density at radius 2 is 1.93 bits per heavy atom. The third kappa shape index (κ3) is 3.87. The van der Waals surface area contributed by atoms with Crippen LogP contribution >= 0.6 is 0 Å². The molecule has 2 saturated heterocycles. The number of ether oxygens (including phenoxy) is 2. The van der Waals surface area contributed by atoms with Crippen molar-refractivity contribution < 1.29 is 19.4 Å². The van der Waals surface area contributed by atoms with E-state index in [2.05, 4.69) is 17.0 Å². The van der Waals surface area contributed by atoms with Gasteiger partial charge >= 0.3 is 6.09 Å². The van der Waals surface area contributed by atoms with E-state index < -0.39 is 6.10 Å². The lowest BCUT2D eigenvalue weighted by atomic mass is 9.91. The minimum Gasteiger partial charge on any atom is -0.490 e. The van der Waals surface area contributed by atoms with Gasteiger partial charge in [-0.2, -0.15) is 0 Å². The molecule has 0 aliphatic carbocycles. The van der Waals surface area contributed by atoms with E-state index in [4.69, 9.17) is 9.47 Å². The van der Waals surface area contributed by atoms with Crippen molar-refractivity contribution in [3.63, 3.8) is 0 Å². The highest BCUT2D eigenvalue weighted by Crippen LogP contribution is 2.32. The average molecular weight is 370 g/mol. The van der Waals surface area contributed by atoms with E-state index in [-0.39, 0.29) is 18.3 Å². The molecule has 6 heteroatoms. The van der Waals surface area contributed by atoms with Crippen LogP contribution in [-0.2, 0) is 4.74 Å². The van der Waals surface area contributed by atoms with Crippen LogP contribution in [0.3, 0.4) is 0 Å². The van der Waals surface area contributed by atoms with E-state index in [1.54, 1.807) is 11.9 Å². The van der Waals surface area contributed by atoms with Gasteiger partial charge in [0, 0.05) is 44.9 Å². The van der Waals surface area contributed by atoms with E-state index >= 15 is 0 Å². The number of amides is 1. The van der Waals surface area contributed by atoms with E-state index in [9.17, 15) is 9.90 Å². The molecule has 4 rings (SSSR count). The number of aliphatic hydroxyl groups is 1. The molecule has 6 nitrogen and oxygen atoms in total. The molecular weight excluding hydrogens is 344 g/mol. The van der Waals surface area contributed by atoms with Crippen molar-refractivity contribution in [3.05, 3.63) is 42.5 Å². The van der Waals surface area contributed by atoms with Gasteiger partial charge in [0.1, 0.15) is 24.1 Å². The molecule has 1 spiro atoms. The number of likely N-dealkylation sites (tertiary alicyclic amines) is 1. The smallest absolute Gasteiger partial charge is 0.410 e. The molecule has 0 saturated carbocycles. The second-order valence-electron chi connectivity index (χ2n) is 7.65. The van der Waals surface area contributed by atoms with Crippen LogP contribution in [0.2, 0.25) is 0 Å². The van der Waals surface area contributed by atoms with Gasteiger partial charge in [-0.3, -0.25) is 0 Å². The van der Waals surface area contributed by atoms with Crippen LogP contribution in [0.25, 0.3) is 10.8 Å². The van der Waals surface area contributed by atoms with Crippen molar-refractivity contribution in [1.82, 2.24) is 9.80 Å². The second kappa shape index (κ2) is 7.37. The molecule has 2 aliphatic rings. The number of β-amino-alcohol motifs (C(OH)–C–C–N with tert-alkyl or cyclic N) is 1. The zero-order valence-corrected chi connectivity index (χ0v) is 15.6. The first-order valence-corrected chi connectivity index (χ1v) is 9.50. The summed E-state index contributed by atoms with van der Waals surface area (Å²) in [6, 6.07) is 14.0. The predicted octanol–water partition coefficient (Wildman–Crippen LogP) is 2.50. The zero-order chi connectivity index (χ0) is 18.9. The van der Waals surface area contributed by atoms with Gasteiger partial charge in [0.05, 0.1) is 6.54 Å². The van der Waals surface area contributed by atoms with Crippen molar-refractivity contribution in [2.45, 2.75) is 24.5 Å². The van der Waals surface area contributed by atoms with Gasteiger partial charge < -0.3 is 24.4 Å². The standard InChI is InChI=1S/C21H26N2O4/c1-22-15-21(27-20(22)25)9-11-23(12-10-21)13-17(24)14-26-19-8-4-6-16-5-2-3-7-18(16)19/h2-8,17,24H,9-15H2,1H3. The highest BCUT2D eigenvalue weighted by Gasteiger charge is 2.45. The highest BCUT2D eigenvalue weighted by atomic mass is 16.6. The molecule has 2 aromatic carbocycles. The quantitative estimate of drug-likeness (QED) is 0.876. The van der Waals surface area contributed by atoms with Crippen LogP contribution in [-0.4, -0.2) is 72.5 Å². The lowest BCUT2D eigenvalue weighted by Gasteiger charge is -2.38. The minimum absolute atomic E-state index is 0.230. The van der Waals surface area contributed by atoms with Crippen molar-refractivity contribution in [1.29, 1.82) is 0 Å². The molecule has 144 valence electrons. The third-order valence-electron chi connectivity index (χ3n) is 5.56. The highest BCUT2D eigenvalue weighted by molar-refractivity contribution is 5.88. The Hall–Kier alpha value is -2.31. The first-order valence-electron chi connectivity index (χ1n) is 9.50. The maximum Gasteiger partial charge on any atom is 0.410 e. The molecule has 2 heterocycles. The summed E-state index contributed by atoms with van der Waals surface area (Å²) in [5.74, 6) is 0.797. The second-order valence-corrected chi connectivity index (χ2v) is 7.65. The van der Waals surface area contributed by atoms with Gasteiger partial charge in [-0.15, -0.1) is 0 Å². The number of aliphatic hydroxyl groups excluding tert-OH is 1. The lowest BCUT2D eigenvalue weighted by molar-refractivity contribution is -0.0143. The summed E-state index contributed by atoms with van der Waals surface area (Å²) in [7, 11) is 1.78. The monoisotopic (exact) mass is 370 g/mol. The van der Waals surface area contributed by atoms with E-state index in [0.29, 0.717) is 13.1 Å². The fraction of sp³-hybridized carbons (Fsp3) is 0.476. The molecule has 1 N–H and O–H groups in total. The minimum atomic E-state index is -0.563. The molecule has 1 atom stereocenters. The number of hydrogen-bond donors (Lipinski definition) is 1. The average Bonchev–Trinajstić information content (AvgIpc) is 2.95. The summed E-state index contributed by atoms with van der Waals surface area (Å²) in [4.78, 5) is 15.5. The van der Waals surface area contributed by atoms with Crippen molar-refractivity contribution in [3.8, 4) is 5.75 Å². The predicted molar refractivity (Wildman–Crippen MR) is 103 cm³/mol. The molecule has 27 heavy (non-hydrogen) atoms. The summed E-state index contributed by atoms with van der Waals surface area (Å²) in [5.41, 5.74) is -0.341. The Kier molecular flexibility index (Phi) is 4.93. The van der Waals surface area contributed by atoms with Gasteiger partial charge in [0.2, 0.25) is 0 Å². The first kappa shape index (κ1) is 18.1. The Balaban J connectivity index is 1.28. The van der Waals surface area contributed by atoms with E-state index in [1.165, 1.54) is 0 Å². The first-order chi connectivity index (χ1) is 13.0. The van der Waals surface area contributed by atoms with Crippen LogP contribution in [0, 0.1) is 0 Å². The maximum atomic E-state index is 11.7. The van der Waals surface area contributed by atoms with Gasteiger partial charge in [-0.1, -0.05) is 36.4 Å². The number of piperidine rings is 1. The SMILES string of the molecule is CN1CC2(CCN(CC(O)COc3cccc4ccccc34)CC2)OC1=O. The molecule has 2 fully saturated rings. The molecule has 2 aliphatic heterocycles. The lowest BCUT2D eigenvalue weighted by Crippen LogP contribution is -2.49. The largest absolute Gasteiger partial charge is 0.490 e. The zero-order valence-electron chi connectivity index (χ0n) is 15.6. The summed E-state index contributed by atoms with van der Waals surface area (Å²) in [6.45, 7) is 3.10. The molecule has 0 radical (unpaired) electrons. The molecular formula is C21H26N2O4. The van der Waals surface area contributed by atoms with Gasteiger partial charge in [-0.25, -0.2) is 4.79 Å². The Bertz CT molecular complexity index is 811. The Morgan fingerprint density at radius 1 is 1.19 bits per heavy atom. The summed E-state index contributed by atoms with van der Waals surface area (Å²) in [5, 5.41) is 12.6. The van der Waals surface area contributed by atoms with Gasteiger partial charge in [-0.05, 0) is 11.5 Å². The van der Waals surface area contributed by atoms with Crippen LogP contribution in [0.15, 0.2) is 42.5 Å². The summed E-state index contributed by atoms with van der Waals surface area (Å²) >= 11 is 0. The summed E-state index contributed by atoms with van der Waals surface area (Å²) < 4.78 is 11.5. The number of rotatable bonds is 5. The number of fused-ring (bicyclic) bond motifs is 1. The number of hydrogen-bond acceptors (Lipinski definition) is 5. The number of likely N-dealkylation sites (N-methyl/N-ethyl adjacent to an activating group) is 1. The number of carbonyl (C=O) groups is 1. The molecule has 1 amide bonds. The van der Waals surface area contributed by atoms with Crippen molar-refractivity contribution >= 4 is 16.9 Å². The number of carbonyl (C=O) groups excluding carboxylic acids is 1. The van der Waals surface area contributed by atoms with Crippen LogP contribution in [0.5, 0.6) is 5.75 Å². The third-order valence-corrected chi connectivity index (χ3v) is 5.56. The number of nitrogens with zero attached hydrogens (tertiary/aromatic N) is 2. The van der Waals surface area contributed by atoms with Gasteiger partial charge in [0.25, 0.3) is 0 Å². The maximum absolute atomic E-state index is 11.7. The van der Waals surface area contributed by atoms with Crippen LogP contribution < -0.4 is 4.74 Å². The molecule has 1 unspecified atom stereocenters. The molecule has 0 bridgehead atoms. The fourth-order valence-corrected chi connectivity index (χ4v) is 4.05.